The fourth-order valence-corrected chi connectivity index (χ4v) is 1.78. The van der Waals surface area contributed by atoms with E-state index in [-0.39, 0.29) is 16.8 Å². The van der Waals surface area contributed by atoms with E-state index in [1.165, 1.54) is 17.8 Å². The molecule has 16 heavy (non-hydrogen) atoms. The van der Waals surface area contributed by atoms with Crippen molar-refractivity contribution in [2.45, 2.75) is 0 Å². The van der Waals surface area contributed by atoms with Crippen molar-refractivity contribution >= 4 is 39.1 Å². The van der Waals surface area contributed by atoms with Gasteiger partial charge in [-0.1, -0.05) is 4.49 Å². The molecule has 0 aliphatic heterocycles. The number of carbonyl (C=O) groups is 1. The van der Waals surface area contributed by atoms with E-state index in [0.29, 0.717) is 4.47 Å². The van der Waals surface area contributed by atoms with Gasteiger partial charge in [0, 0.05) is 17.8 Å². The first-order valence-electron chi connectivity index (χ1n) is 4.13. The number of halogens is 1. The highest BCUT2D eigenvalue weighted by molar-refractivity contribution is 9.10. The number of anilines is 1. The first kappa shape index (κ1) is 11.0. The van der Waals surface area contributed by atoms with Gasteiger partial charge in [-0.15, -0.1) is 5.10 Å². The van der Waals surface area contributed by atoms with Gasteiger partial charge < -0.3 is 10.3 Å². The van der Waals surface area contributed by atoms with Gasteiger partial charge in [0.1, 0.15) is 5.69 Å². The summed E-state index contributed by atoms with van der Waals surface area (Å²) in [5, 5.41) is 7.54. The Morgan fingerprint density at radius 2 is 2.31 bits per heavy atom. The molecule has 0 saturated carbocycles. The largest absolute Gasteiger partial charge is 0.365 e. The zero-order chi connectivity index (χ0) is 11.5. The molecule has 0 fully saturated rings. The van der Waals surface area contributed by atoms with Crippen LogP contribution < -0.4 is 10.7 Å². The second-order valence-corrected chi connectivity index (χ2v) is 4.25. The summed E-state index contributed by atoms with van der Waals surface area (Å²) in [7, 11) is 0. The van der Waals surface area contributed by atoms with Gasteiger partial charge in [0.2, 0.25) is 5.43 Å². The summed E-state index contributed by atoms with van der Waals surface area (Å²) in [6.45, 7) is 0. The number of aromatic nitrogens is 3. The maximum Gasteiger partial charge on any atom is 0.277 e. The maximum atomic E-state index is 11.6. The summed E-state index contributed by atoms with van der Waals surface area (Å²) in [5.74, 6) is -0.461. The Labute approximate surface area is 102 Å². The van der Waals surface area contributed by atoms with E-state index < -0.39 is 5.91 Å². The Morgan fingerprint density at radius 1 is 1.50 bits per heavy atom. The minimum absolute atomic E-state index is 0.160. The second kappa shape index (κ2) is 4.54. The molecule has 82 valence electrons. The Bertz CT molecular complexity index is 566. The molecule has 0 spiro atoms. The lowest BCUT2D eigenvalue weighted by Crippen LogP contribution is -2.19. The van der Waals surface area contributed by atoms with E-state index in [0.717, 1.165) is 11.5 Å². The van der Waals surface area contributed by atoms with Crippen molar-refractivity contribution in [3.63, 3.8) is 0 Å². The number of pyridine rings is 1. The minimum atomic E-state index is -0.461. The standard InChI is InChI=1S/C8H5BrN4O2S/c9-4-1-10-2-5(7(4)14)11-8(15)6-3-16-13-12-6/h1-3H,(H,10,14)(H,11,15). The molecule has 2 aromatic rings. The molecule has 0 bridgehead atoms. The van der Waals surface area contributed by atoms with Gasteiger partial charge in [-0.25, -0.2) is 0 Å². The molecule has 1 amide bonds. The van der Waals surface area contributed by atoms with Crippen LogP contribution in [0.2, 0.25) is 0 Å². The number of hydrogen-bond donors (Lipinski definition) is 2. The van der Waals surface area contributed by atoms with Gasteiger partial charge >= 0.3 is 0 Å². The molecule has 0 atom stereocenters. The Hall–Kier alpha value is -1.54. The molecule has 0 saturated heterocycles. The van der Waals surface area contributed by atoms with Crippen molar-refractivity contribution in [2.75, 3.05) is 5.32 Å². The number of nitrogens with zero attached hydrogens (tertiary/aromatic N) is 2. The highest BCUT2D eigenvalue weighted by Crippen LogP contribution is 2.07. The van der Waals surface area contributed by atoms with E-state index in [9.17, 15) is 9.59 Å². The topological polar surface area (TPSA) is 87.7 Å². The van der Waals surface area contributed by atoms with Crippen LogP contribution in [-0.2, 0) is 0 Å². The predicted octanol–water partition coefficient (Wildman–Crippen LogP) is 1.24. The first-order chi connectivity index (χ1) is 7.68. The Morgan fingerprint density at radius 3 is 3.00 bits per heavy atom. The molecule has 2 rings (SSSR count). The number of amides is 1. The molecule has 0 radical (unpaired) electrons. The monoisotopic (exact) mass is 300 g/mol. The van der Waals surface area contributed by atoms with Crippen LogP contribution >= 0.6 is 27.5 Å². The van der Waals surface area contributed by atoms with E-state index in [2.05, 4.69) is 35.8 Å². The van der Waals surface area contributed by atoms with Crippen molar-refractivity contribution in [3.8, 4) is 0 Å². The molecule has 8 heteroatoms. The van der Waals surface area contributed by atoms with Crippen molar-refractivity contribution < 1.29 is 4.79 Å². The maximum absolute atomic E-state index is 11.6. The van der Waals surface area contributed by atoms with Crippen molar-refractivity contribution in [2.24, 2.45) is 0 Å². The molecule has 2 N–H and O–H groups in total. The molecule has 0 unspecified atom stereocenters. The minimum Gasteiger partial charge on any atom is -0.365 e. The average molecular weight is 301 g/mol. The van der Waals surface area contributed by atoms with Gasteiger partial charge in [0.05, 0.1) is 4.47 Å². The average Bonchev–Trinajstić information content (AvgIpc) is 2.78. The van der Waals surface area contributed by atoms with Crippen LogP contribution in [0.25, 0.3) is 0 Å². The van der Waals surface area contributed by atoms with Crippen LogP contribution in [0.5, 0.6) is 0 Å². The highest BCUT2D eigenvalue weighted by Gasteiger charge is 2.11. The number of hydrogen-bond acceptors (Lipinski definition) is 5. The van der Waals surface area contributed by atoms with Gasteiger partial charge in [0.25, 0.3) is 5.91 Å². The van der Waals surface area contributed by atoms with Gasteiger partial charge in [-0.05, 0) is 27.5 Å². The third kappa shape index (κ3) is 2.17. The Balaban J connectivity index is 2.25. The van der Waals surface area contributed by atoms with Gasteiger partial charge in [-0.2, -0.15) is 0 Å². The summed E-state index contributed by atoms with van der Waals surface area (Å²) in [6, 6.07) is 0. The lowest BCUT2D eigenvalue weighted by atomic mass is 10.3. The van der Waals surface area contributed by atoms with Crippen LogP contribution in [0.4, 0.5) is 5.69 Å². The second-order valence-electron chi connectivity index (χ2n) is 2.79. The fourth-order valence-electron chi connectivity index (χ4n) is 1.00. The fraction of sp³-hybridized carbons (Fsp3) is 0. The Kier molecular flexibility index (Phi) is 3.11. The highest BCUT2D eigenvalue weighted by atomic mass is 79.9. The van der Waals surface area contributed by atoms with E-state index in [1.54, 1.807) is 0 Å². The molecule has 2 aromatic heterocycles. The van der Waals surface area contributed by atoms with Gasteiger partial charge in [-0.3, -0.25) is 9.59 Å². The summed E-state index contributed by atoms with van der Waals surface area (Å²) in [5.41, 5.74) is 0.0482. The van der Waals surface area contributed by atoms with Crippen LogP contribution in [0.15, 0.2) is 27.0 Å². The molecular weight excluding hydrogens is 296 g/mol. The van der Waals surface area contributed by atoms with E-state index >= 15 is 0 Å². The number of H-pyrrole nitrogens is 1. The predicted molar refractivity (Wildman–Crippen MR) is 62.6 cm³/mol. The molecule has 0 aliphatic carbocycles. The third-order valence-corrected chi connectivity index (χ3v) is 2.83. The SMILES string of the molecule is O=C(Nc1c[nH]cc(Br)c1=O)c1csnn1. The summed E-state index contributed by atoms with van der Waals surface area (Å²) < 4.78 is 3.91. The molecule has 6 nitrogen and oxygen atoms in total. The van der Waals surface area contributed by atoms with Crippen LogP contribution in [-0.4, -0.2) is 20.5 Å². The lowest BCUT2D eigenvalue weighted by molar-refractivity contribution is 0.102. The number of nitrogens with one attached hydrogen (secondary N) is 2. The normalized spacial score (nSPS) is 10.1. The van der Waals surface area contributed by atoms with E-state index in [4.69, 9.17) is 0 Å². The summed E-state index contributed by atoms with van der Waals surface area (Å²) >= 11 is 4.13. The third-order valence-electron chi connectivity index (χ3n) is 1.74. The quantitative estimate of drug-likeness (QED) is 0.873. The van der Waals surface area contributed by atoms with Crippen molar-refractivity contribution in [1.82, 2.24) is 14.6 Å². The smallest absolute Gasteiger partial charge is 0.277 e. The van der Waals surface area contributed by atoms with Crippen molar-refractivity contribution in [3.05, 3.63) is 38.2 Å². The molecule has 0 aliphatic rings. The summed E-state index contributed by atoms with van der Waals surface area (Å²) in [6.07, 6.45) is 2.90. The molecule has 0 aromatic carbocycles. The van der Waals surface area contributed by atoms with E-state index in [1.807, 2.05) is 0 Å². The van der Waals surface area contributed by atoms with Crippen LogP contribution in [0.1, 0.15) is 10.5 Å². The molecule has 2 heterocycles. The van der Waals surface area contributed by atoms with Crippen molar-refractivity contribution in [1.29, 1.82) is 0 Å². The van der Waals surface area contributed by atoms with Gasteiger partial charge in [0.15, 0.2) is 5.69 Å². The molecular formula is C8H5BrN4O2S. The summed E-state index contributed by atoms with van der Waals surface area (Å²) in [4.78, 5) is 25.8. The number of rotatable bonds is 2. The number of carbonyl (C=O) groups excluding carboxylic acids is 1. The first-order valence-corrected chi connectivity index (χ1v) is 5.76. The van der Waals surface area contributed by atoms with Crippen LogP contribution in [0.3, 0.4) is 0 Å². The van der Waals surface area contributed by atoms with Crippen LogP contribution in [0, 0.1) is 0 Å². The number of aromatic amines is 1. The zero-order valence-electron chi connectivity index (χ0n) is 7.73. The lowest BCUT2D eigenvalue weighted by Gasteiger charge is -2.01. The zero-order valence-corrected chi connectivity index (χ0v) is 10.1.